The van der Waals surface area contributed by atoms with Crippen molar-refractivity contribution < 1.29 is 4.79 Å². The molecule has 4 rings (SSSR count). The standard InChI is InChI=1S/C17H23N7O/c25-16(14-8-17(10-22-14)3-6-18-7-4-17)21-9-13-2-1-5-20-15(13)24-12-19-11-23-24/h1-2,5,11-12,14,18,22H,3-4,6-10H2,(H,21,25)/t14-/m1/s1. The van der Waals surface area contributed by atoms with Crippen molar-refractivity contribution in [3.8, 4) is 5.82 Å². The Kier molecular flexibility index (Phi) is 4.46. The molecule has 132 valence electrons. The minimum atomic E-state index is -0.107. The molecule has 2 aliphatic heterocycles. The van der Waals surface area contributed by atoms with E-state index < -0.39 is 0 Å². The molecule has 4 heterocycles. The van der Waals surface area contributed by atoms with Gasteiger partial charge in [0.2, 0.25) is 5.91 Å². The van der Waals surface area contributed by atoms with Crippen molar-refractivity contribution in [2.45, 2.75) is 31.8 Å². The third-order valence-electron chi connectivity index (χ3n) is 5.30. The number of aromatic nitrogens is 4. The Morgan fingerprint density at radius 3 is 3.08 bits per heavy atom. The van der Waals surface area contributed by atoms with E-state index in [9.17, 15) is 4.79 Å². The first-order valence-electron chi connectivity index (χ1n) is 8.77. The summed E-state index contributed by atoms with van der Waals surface area (Å²) in [5.41, 5.74) is 1.20. The zero-order valence-corrected chi connectivity index (χ0v) is 14.1. The van der Waals surface area contributed by atoms with Crippen molar-refractivity contribution in [1.82, 2.24) is 35.7 Å². The number of carbonyl (C=O) groups is 1. The monoisotopic (exact) mass is 341 g/mol. The molecule has 2 saturated heterocycles. The lowest BCUT2D eigenvalue weighted by molar-refractivity contribution is -0.123. The van der Waals surface area contributed by atoms with Gasteiger partial charge in [0.05, 0.1) is 6.04 Å². The molecule has 0 saturated carbocycles. The van der Waals surface area contributed by atoms with Gasteiger partial charge >= 0.3 is 0 Å². The molecule has 8 nitrogen and oxygen atoms in total. The van der Waals surface area contributed by atoms with E-state index in [1.807, 2.05) is 12.1 Å². The lowest BCUT2D eigenvalue weighted by Gasteiger charge is -2.33. The van der Waals surface area contributed by atoms with E-state index in [0.29, 0.717) is 12.4 Å². The molecule has 2 aromatic rings. The first-order valence-corrected chi connectivity index (χ1v) is 8.77. The number of nitrogens with one attached hydrogen (secondary N) is 3. The van der Waals surface area contributed by atoms with Gasteiger partial charge in [-0.05, 0) is 43.8 Å². The van der Waals surface area contributed by atoms with E-state index in [-0.39, 0.29) is 17.4 Å². The van der Waals surface area contributed by atoms with E-state index in [4.69, 9.17) is 0 Å². The summed E-state index contributed by atoms with van der Waals surface area (Å²) in [4.78, 5) is 20.9. The topological polar surface area (TPSA) is 96.8 Å². The molecule has 1 amide bonds. The molecule has 0 unspecified atom stereocenters. The second-order valence-corrected chi connectivity index (χ2v) is 6.93. The van der Waals surface area contributed by atoms with E-state index in [0.717, 1.165) is 44.5 Å². The van der Waals surface area contributed by atoms with E-state index >= 15 is 0 Å². The highest BCUT2D eigenvalue weighted by Crippen LogP contribution is 2.37. The highest BCUT2D eigenvalue weighted by Gasteiger charge is 2.41. The first-order chi connectivity index (χ1) is 12.3. The number of rotatable bonds is 4. The zero-order valence-electron chi connectivity index (χ0n) is 14.1. The van der Waals surface area contributed by atoms with Crippen LogP contribution in [0.3, 0.4) is 0 Å². The van der Waals surface area contributed by atoms with Crippen LogP contribution in [0.25, 0.3) is 5.82 Å². The van der Waals surface area contributed by atoms with Crippen molar-refractivity contribution in [2.75, 3.05) is 19.6 Å². The van der Waals surface area contributed by atoms with Crippen LogP contribution in [-0.2, 0) is 11.3 Å². The van der Waals surface area contributed by atoms with Crippen LogP contribution in [0.2, 0.25) is 0 Å². The Balaban J connectivity index is 1.38. The predicted molar refractivity (Wildman–Crippen MR) is 91.9 cm³/mol. The number of piperidine rings is 1. The number of amides is 1. The largest absolute Gasteiger partial charge is 0.351 e. The van der Waals surface area contributed by atoms with Crippen LogP contribution in [0, 0.1) is 5.41 Å². The lowest BCUT2D eigenvalue weighted by atomic mass is 9.77. The van der Waals surface area contributed by atoms with E-state index in [1.54, 1.807) is 17.2 Å². The van der Waals surface area contributed by atoms with Crippen LogP contribution in [0.4, 0.5) is 0 Å². The highest BCUT2D eigenvalue weighted by atomic mass is 16.2. The molecule has 1 spiro atoms. The molecule has 0 radical (unpaired) electrons. The highest BCUT2D eigenvalue weighted by molar-refractivity contribution is 5.82. The Labute approximate surface area is 146 Å². The smallest absolute Gasteiger partial charge is 0.237 e. The zero-order chi connectivity index (χ0) is 17.1. The predicted octanol–water partition coefficient (Wildman–Crippen LogP) is 0.0102. The number of hydrogen-bond acceptors (Lipinski definition) is 6. The summed E-state index contributed by atoms with van der Waals surface area (Å²) >= 11 is 0. The molecular formula is C17H23N7O. The Hall–Kier alpha value is -2.32. The number of carbonyl (C=O) groups excluding carboxylic acids is 1. The summed E-state index contributed by atoms with van der Waals surface area (Å²) in [5, 5.41) is 14.0. The first kappa shape index (κ1) is 16.2. The second-order valence-electron chi connectivity index (χ2n) is 6.93. The number of hydrogen-bond donors (Lipinski definition) is 3. The van der Waals surface area contributed by atoms with Crippen LogP contribution >= 0.6 is 0 Å². The van der Waals surface area contributed by atoms with Gasteiger partial charge in [0.25, 0.3) is 0 Å². The summed E-state index contributed by atoms with van der Waals surface area (Å²) in [6, 6.07) is 3.70. The average molecular weight is 341 g/mol. The fraction of sp³-hybridized carbons (Fsp3) is 0.529. The van der Waals surface area contributed by atoms with Crippen LogP contribution in [0.1, 0.15) is 24.8 Å². The van der Waals surface area contributed by atoms with Crippen LogP contribution in [0.5, 0.6) is 0 Å². The Morgan fingerprint density at radius 1 is 1.40 bits per heavy atom. The Morgan fingerprint density at radius 2 is 2.28 bits per heavy atom. The molecule has 2 aliphatic rings. The molecule has 2 fully saturated rings. The van der Waals surface area contributed by atoms with Gasteiger partial charge in [0, 0.05) is 24.8 Å². The van der Waals surface area contributed by atoms with Crippen molar-refractivity contribution in [2.24, 2.45) is 5.41 Å². The summed E-state index contributed by atoms with van der Waals surface area (Å²) in [6.45, 7) is 3.46. The molecular weight excluding hydrogens is 318 g/mol. The van der Waals surface area contributed by atoms with Crippen molar-refractivity contribution in [3.63, 3.8) is 0 Å². The van der Waals surface area contributed by atoms with Gasteiger partial charge in [-0.25, -0.2) is 14.6 Å². The van der Waals surface area contributed by atoms with E-state index in [1.165, 1.54) is 6.33 Å². The van der Waals surface area contributed by atoms with Gasteiger partial charge in [0.15, 0.2) is 5.82 Å². The fourth-order valence-electron chi connectivity index (χ4n) is 3.84. The molecule has 8 heteroatoms. The Bertz CT molecular complexity index is 724. The normalized spacial score (nSPS) is 22.2. The number of pyridine rings is 1. The van der Waals surface area contributed by atoms with Crippen molar-refractivity contribution >= 4 is 5.91 Å². The maximum absolute atomic E-state index is 12.6. The summed E-state index contributed by atoms with van der Waals surface area (Å²) in [7, 11) is 0. The van der Waals surface area contributed by atoms with Crippen molar-refractivity contribution in [3.05, 3.63) is 36.5 Å². The molecule has 0 aliphatic carbocycles. The minimum absolute atomic E-state index is 0.0591. The molecule has 2 aromatic heterocycles. The lowest BCUT2D eigenvalue weighted by Crippen LogP contribution is -2.40. The summed E-state index contributed by atoms with van der Waals surface area (Å²) in [6.07, 6.45) is 7.99. The van der Waals surface area contributed by atoms with Gasteiger partial charge in [0.1, 0.15) is 12.7 Å². The summed E-state index contributed by atoms with van der Waals surface area (Å²) < 4.78 is 1.61. The third kappa shape index (κ3) is 3.40. The number of nitrogens with zero attached hydrogens (tertiary/aromatic N) is 4. The van der Waals surface area contributed by atoms with Gasteiger partial charge < -0.3 is 16.0 Å². The van der Waals surface area contributed by atoms with Crippen molar-refractivity contribution in [1.29, 1.82) is 0 Å². The molecule has 1 atom stereocenters. The summed E-state index contributed by atoms with van der Waals surface area (Å²) in [5.74, 6) is 0.748. The van der Waals surface area contributed by atoms with Crippen LogP contribution in [-0.4, -0.2) is 51.3 Å². The second kappa shape index (κ2) is 6.89. The van der Waals surface area contributed by atoms with E-state index in [2.05, 4.69) is 31.0 Å². The minimum Gasteiger partial charge on any atom is -0.351 e. The fourth-order valence-corrected chi connectivity index (χ4v) is 3.84. The third-order valence-corrected chi connectivity index (χ3v) is 5.30. The average Bonchev–Trinajstić information content (AvgIpc) is 3.31. The maximum Gasteiger partial charge on any atom is 0.237 e. The molecule has 25 heavy (non-hydrogen) atoms. The molecule has 3 N–H and O–H groups in total. The SMILES string of the molecule is O=C(NCc1cccnc1-n1cncn1)[C@H]1CC2(CCNCC2)CN1. The van der Waals surface area contributed by atoms with Gasteiger partial charge in [-0.3, -0.25) is 4.79 Å². The van der Waals surface area contributed by atoms with Gasteiger partial charge in [-0.1, -0.05) is 6.07 Å². The van der Waals surface area contributed by atoms with Crippen LogP contribution < -0.4 is 16.0 Å². The van der Waals surface area contributed by atoms with Gasteiger partial charge in [-0.15, -0.1) is 0 Å². The quantitative estimate of drug-likeness (QED) is 0.725. The van der Waals surface area contributed by atoms with Crippen LogP contribution in [0.15, 0.2) is 31.0 Å². The molecule has 0 aromatic carbocycles. The van der Waals surface area contributed by atoms with Gasteiger partial charge in [-0.2, -0.15) is 5.10 Å². The molecule has 0 bridgehead atoms. The maximum atomic E-state index is 12.6.